The van der Waals surface area contributed by atoms with Crippen molar-refractivity contribution >= 4 is 12.0 Å². The molecule has 1 aliphatic carbocycles. The van der Waals surface area contributed by atoms with Crippen LogP contribution in [0.25, 0.3) is 6.08 Å². The maximum Gasteiger partial charge on any atom is 0.334 e. The van der Waals surface area contributed by atoms with Gasteiger partial charge in [0.05, 0.1) is 6.61 Å². The molecule has 0 N–H and O–H groups in total. The monoisotopic (exact) mass is 230 g/mol. The number of esters is 1. The predicted molar refractivity (Wildman–Crippen MR) is 68.8 cm³/mol. The van der Waals surface area contributed by atoms with Gasteiger partial charge in [0.25, 0.3) is 0 Å². The molecule has 0 aromatic heterocycles. The molecule has 2 rings (SSSR count). The minimum absolute atomic E-state index is 0.185. The first-order chi connectivity index (χ1) is 8.11. The van der Waals surface area contributed by atoms with E-state index in [-0.39, 0.29) is 5.97 Å². The second-order valence-electron chi connectivity index (χ2n) is 4.68. The molecule has 0 spiro atoms. The van der Waals surface area contributed by atoms with Crippen LogP contribution in [0.1, 0.15) is 43.4 Å². The smallest absolute Gasteiger partial charge is 0.334 e. The summed E-state index contributed by atoms with van der Waals surface area (Å²) in [5.74, 6) is 0.329. The lowest BCUT2D eigenvalue weighted by Crippen LogP contribution is -2.07. The lowest BCUT2D eigenvalue weighted by molar-refractivity contribution is -0.138. The van der Waals surface area contributed by atoms with Crippen LogP contribution in [0.4, 0.5) is 0 Å². The van der Waals surface area contributed by atoms with Crippen LogP contribution in [0.3, 0.4) is 0 Å². The van der Waals surface area contributed by atoms with E-state index in [0.29, 0.717) is 18.9 Å². The Hall–Kier alpha value is -1.57. The van der Waals surface area contributed by atoms with E-state index in [4.69, 9.17) is 4.74 Å². The molecule has 90 valence electrons. The maximum atomic E-state index is 11.6. The SMILES string of the molecule is CCOC(=O)C1=Cc2cc(C(C)C)ccc2C1. The first-order valence-electron chi connectivity index (χ1n) is 6.12. The Morgan fingerprint density at radius 2 is 2.18 bits per heavy atom. The molecule has 0 radical (unpaired) electrons. The zero-order valence-electron chi connectivity index (χ0n) is 10.6. The van der Waals surface area contributed by atoms with Gasteiger partial charge in [-0.25, -0.2) is 4.79 Å². The second-order valence-corrected chi connectivity index (χ2v) is 4.68. The van der Waals surface area contributed by atoms with Crippen LogP contribution < -0.4 is 0 Å². The van der Waals surface area contributed by atoms with E-state index in [1.54, 1.807) is 0 Å². The fourth-order valence-corrected chi connectivity index (χ4v) is 2.07. The van der Waals surface area contributed by atoms with Gasteiger partial charge in [-0.15, -0.1) is 0 Å². The van der Waals surface area contributed by atoms with Gasteiger partial charge in [0.15, 0.2) is 0 Å². The number of carbonyl (C=O) groups is 1. The van der Waals surface area contributed by atoms with Crippen LogP contribution in [-0.2, 0) is 16.0 Å². The van der Waals surface area contributed by atoms with Gasteiger partial charge in [-0.2, -0.15) is 0 Å². The molecule has 0 unspecified atom stereocenters. The molecule has 17 heavy (non-hydrogen) atoms. The van der Waals surface area contributed by atoms with E-state index in [0.717, 1.165) is 5.57 Å². The summed E-state index contributed by atoms with van der Waals surface area (Å²) in [4.78, 5) is 11.6. The number of ether oxygens (including phenoxy) is 1. The van der Waals surface area contributed by atoms with Crippen molar-refractivity contribution in [1.29, 1.82) is 0 Å². The number of benzene rings is 1. The Morgan fingerprint density at radius 3 is 2.82 bits per heavy atom. The lowest BCUT2D eigenvalue weighted by atomic mass is 9.98. The van der Waals surface area contributed by atoms with E-state index in [9.17, 15) is 4.79 Å². The molecule has 0 amide bonds. The van der Waals surface area contributed by atoms with Crippen molar-refractivity contribution in [3.05, 3.63) is 40.5 Å². The Kier molecular flexibility index (Phi) is 3.32. The Balaban J connectivity index is 2.24. The van der Waals surface area contributed by atoms with Gasteiger partial charge in [-0.3, -0.25) is 0 Å². The molecular formula is C15H18O2. The summed E-state index contributed by atoms with van der Waals surface area (Å²) < 4.78 is 5.03. The highest BCUT2D eigenvalue weighted by Gasteiger charge is 2.19. The second kappa shape index (κ2) is 4.74. The fraction of sp³-hybridized carbons (Fsp3) is 0.400. The van der Waals surface area contributed by atoms with Crippen molar-refractivity contribution in [3.8, 4) is 0 Å². The summed E-state index contributed by atoms with van der Waals surface area (Å²) in [5, 5.41) is 0. The highest BCUT2D eigenvalue weighted by molar-refractivity contribution is 5.96. The molecule has 0 bridgehead atoms. The maximum absolute atomic E-state index is 11.6. The van der Waals surface area contributed by atoms with E-state index in [2.05, 4.69) is 32.0 Å². The van der Waals surface area contributed by atoms with Crippen LogP contribution in [0.5, 0.6) is 0 Å². The Bertz CT molecular complexity index is 470. The normalized spacial score (nSPS) is 13.5. The summed E-state index contributed by atoms with van der Waals surface area (Å²) in [6.45, 7) is 6.61. The highest BCUT2D eigenvalue weighted by Crippen LogP contribution is 2.28. The molecule has 1 aromatic carbocycles. The lowest BCUT2D eigenvalue weighted by Gasteiger charge is -2.07. The van der Waals surface area contributed by atoms with Crippen LogP contribution in [-0.4, -0.2) is 12.6 Å². The summed E-state index contributed by atoms with van der Waals surface area (Å²) >= 11 is 0. The fourth-order valence-electron chi connectivity index (χ4n) is 2.07. The molecule has 2 nitrogen and oxygen atoms in total. The first-order valence-corrected chi connectivity index (χ1v) is 6.12. The third kappa shape index (κ3) is 2.41. The molecule has 1 aliphatic rings. The van der Waals surface area contributed by atoms with Crippen molar-refractivity contribution < 1.29 is 9.53 Å². The minimum Gasteiger partial charge on any atom is -0.463 e. The first kappa shape index (κ1) is 11.9. The van der Waals surface area contributed by atoms with Crippen LogP contribution in [0.15, 0.2) is 23.8 Å². The summed E-state index contributed by atoms with van der Waals surface area (Å²) in [5.41, 5.74) is 4.46. The van der Waals surface area contributed by atoms with Gasteiger partial charge in [0.1, 0.15) is 0 Å². The van der Waals surface area contributed by atoms with Crippen LogP contribution >= 0.6 is 0 Å². The molecule has 0 atom stereocenters. The summed E-state index contributed by atoms with van der Waals surface area (Å²) in [6, 6.07) is 6.44. The molecule has 2 heteroatoms. The van der Waals surface area contributed by atoms with Crippen molar-refractivity contribution in [3.63, 3.8) is 0 Å². The van der Waals surface area contributed by atoms with Gasteiger partial charge in [0, 0.05) is 12.0 Å². The quantitative estimate of drug-likeness (QED) is 0.745. The average Bonchev–Trinajstić information content (AvgIpc) is 2.71. The molecule has 1 aromatic rings. The van der Waals surface area contributed by atoms with Crippen molar-refractivity contribution in [2.45, 2.75) is 33.1 Å². The average molecular weight is 230 g/mol. The number of hydrogen-bond acceptors (Lipinski definition) is 2. The number of carbonyl (C=O) groups excluding carboxylic acids is 1. The van der Waals surface area contributed by atoms with Crippen LogP contribution in [0.2, 0.25) is 0 Å². The predicted octanol–water partition coefficient (Wildman–Crippen LogP) is 3.31. The van der Waals surface area contributed by atoms with Crippen LogP contribution in [0, 0.1) is 0 Å². The molecule has 0 saturated heterocycles. The standard InChI is InChI=1S/C15H18O2/c1-4-17-15(16)14-8-12-6-5-11(10(2)3)7-13(12)9-14/h5-7,9-10H,4,8H2,1-3H3. The van der Waals surface area contributed by atoms with E-state index >= 15 is 0 Å². The van der Waals surface area contributed by atoms with Gasteiger partial charge < -0.3 is 4.74 Å². The topological polar surface area (TPSA) is 26.3 Å². The molecule has 0 saturated carbocycles. The third-order valence-electron chi connectivity index (χ3n) is 3.08. The van der Waals surface area contributed by atoms with E-state index in [1.807, 2.05) is 13.0 Å². The minimum atomic E-state index is -0.185. The van der Waals surface area contributed by atoms with Gasteiger partial charge in [-0.05, 0) is 35.6 Å². The van der Waals surface area contributed by atoms with E-state index < -0.39 is 0 Å². The van der Waals surface area contributed by atoms with Gasteiger partial charge in [0.2, 0.25) is 0 Å². The van der Waals surface area contributed by atoms with Crippen molar-refractivity contribution in [1.82, 2.24) is 0 Å². The zero-order chi connectivity index (χ0) is 12.4. The Labute approximate surface area is 102 Å². The zero-order valence-corrected chi connectivity index (χ0v) is 10.6. The van der Waals surface area contributed by atoms with Gasteiger partial charge >= 0.3 is 5.97 Å². The molecular weight excluding hydrogens is 212 g/mol. The summed E-state index contributed by atoms with van der Waals surface area (Å²) in [7, 11) is 0. The van der Waals surface area contributed by atoms with E-state index in [1.165, 1.54) is 16.7 Å². The number of hydrogen-bond donors (Lipinski definition) is 0. The Morgan fingerprint density at radius 1 is 1.41 bits per heavy atom. The number of rotatable bonds is 3. The molecule has 0 heterocycles. The summed E-state index contributed by atoms with van der Waals surface area (Å²) in [6.07, 6.45) is 2.66. The molecule has 0 fully saturated rings. The van der Waals surface area contributed by atoms with Crippen molar-refractivity contribution in [2.75, 3.05) is 6.61 Å². The van der Waals surface area contributed by atoms with Crippen molar-refractivity contribution in [2.24, 2.45) is 0 Å². The largest absolute Gasteiger partial charge is 0.463 e. The third-order valence-corrected chi connectivity index (χ3v) is 3.08. The highest BCUT2D eigenvalue weighted by atomic mass is 16.5. The van der Waals surface area contributed by atoms with Gasteiger partial charge in [-0.1, -0.05) is 32.0 Å². The number of fused-ring (bicyclic) bond motifs is 1. The molecule has 0 aliphatic heterocycles.